The average Bonchev–Trinajstić information content (AvgIpc) is 2.61. The van der Waals surface area contributed by atoms with Crippen molar-refractivity contribution in [2.45, 2.75) is 58.9 Å². The van der Waals surface area contributed by atoms with E-state index in [4.69, 9.17) is 0 Å². The van der Waals surface area contributed by atoms with Gasteiger partial charge in [-0.25, -0.2) is 0 Å². The molecule has 1 N–H and O–H groups in total. The van der Waals surface area contributed by atoms with Crippen LogP contribution in [0.5, 0.6) is 0 Å². The summed E-state index contributed by atoms with van der Waals surface area (Å²) in [6.45, 7) is 9.41. The van der Waals surface area contributed by atoms with E-state index in [9.17, 15) is 9.59 Å². The third-order valence-corrected chi connectivity index (χ3v) is 5.29. The van der Waals surface area contributed by atoms with E-state index in [1.165, 1.54) is 5.56 Å². The van der Waals surface area contributed by atoms with Crippen LogP contribution in [0.3, 0.4) is 0 Å². The number of carbonyl (C=O) groups is 2. The average molecular weight is 330 g/mol. The lowest BCUT2D eigenvalue weighted by Crippen LogP contribution is -2.42. The molecule has 4 heteroatoms. The predicted octanol–water partition coefficient (Wildman–Crippen LogP) is 3.64. The molecule has 2 amide bonds. The van der Waals surface area contributed by atoms with Gasteiger partial charge in [-0.15, -0.1) is 0 Å². The standard InChI is InChI=1S/C20H30N2O2/c1-5-14(2)17-6-8-18(9-7-17)15(3)21-20(24)19-10-12-22(13-11-19)16(4)23/h6-9,14-15,19H,5,10-13H2,1-4H3,(H,21,24)/t14-,15+/m1/s1. The summed E-state index contributed by atoms with van der Waals surface area (Å²) in [5.41, 5.74) is 2.48. The van der Waals surface area contributed by atoms with Crippen LogP contribution in [0.1, 0.15) is 70.0 Å². The van der Waals surface area contributed by atoms with Crippen LogP contribution in [0.25, 0.3) is 0 Å². The molecule has 1 aliphatic rings. The predicted molar refractivity (Wildman–Crippen MR) is 96.7 cm³/mol. The third-order valence-electron chi connectivity index (χ3n) is 5.29. The largest absolute Gasteiger partial charge is 0.349 e. The number of likely N-dealkylation sites (tertiary alicyclic amines) is 1. The van der Waals surface area contributed by atoms with Crippen LogP contribution < -0.4 is 5.32 Å². The highest BCUT2D eigenvalue weighted by Gasteiger charge is 2.26. The minimum absolute atomic E-state index is 0.00863. The molecule has 2 rings (SSSR count). The topological polar surface area (TPSA) is 49.4 Å². The van der Waals surface area contributed by atoms with Crippen LogP contribution in [0.2, 0.25) is 0 Å². The van der Waals surface area contributed by atoms with Gasteiger partial charge in [0.25, 0.3) is 0 Å². The van der Waals surface area contributed by atoms with Crippen LogP contribution in [-0.4, -0.2) is 29.8 Å². The maximum Gasteiger partial charge on any atom is 0.223 e. The maximum absolute atomic E-state index is 12.5. The first kappa shape index (κ1) is 18.5. The van der Waals surface area contributed by atoms with Gasteiger partial charge in [-0.2, -0.15) is 0 Å². The summed E-state index contributed by atoms with van der Waals surface area (Å²) in [4.78, 5) is 25.6. The molecule has 4 nitrogen and oxygen atoms in total. The van der Waals surface area contributed by atoms with E-state index in [0.29, 0.717) is 19.0 Å². The Labute approximate surface area is 145 Å². The van der Waals surface area contributed by atoms with Gasteiger partial charge in [0.1, 0.15) is 0 Å². The Morgan fingerprint density at radius 2 is 1.67 bits per heavy atom. The Bertz CT molecular complexity index is 560. The second-order valence-corrected chi connectivity index (χ2v) is 6.99. The van der Waals surface area contributed by atoms with Crippen LogP contribution in [-0.2, 0) is 9.59 Å². The van der Waals surface area contributed by atoms with Gasteiger partial charge in [0, 0.05) is 25.9 Å². The summed E-state index contributed by atoms with van der Waals surface area (Å²) in [6, 6.07) is 8.57. The van der Waals surface area contributed by atoms with Gasteiger partial charge in [-0.1, -0.05) is 38.1 Å². The van der Waals surface area contributed by atoms with Crippen molar-refractivity contribution in [1.29, 1.82) is 0 Å². The fraction of sp³-hybridized carbons (Fsp3) is 0.600. The van der Waals surface area contributed by atoms with E-state index in [2.05, 4.69) is 43.4 Å². The fourth-order valence-corrected chi connectivity index (χ4v) is 3.22. The molecule has 1 heterocycles. The summed E-state index contributed by atoms with van der Waals surface area (Å²) in [5, 5.41) is 3.13. The summed E-state index contributed by atoms with van der Waals surface area (Å²) in [5.74, 6) is 0.790. The van der Waals surface area contributed by atoms with Gasteiger partial charge in [0.2, 0.25) is 11.8 Å². The first-order chi connectivity index (χ1) is 11.4. The van der Waals surface area contributed by atoms with Gasteiger partial charge < -0.3 is 10.2 Å². The molecule has 0 bridgehead atoms. The number of amides is 2. The minimum atomic E-state index is 0.00863. The van der Waals surface area contributed by atoms with Gasteiger partial charge in [0.15, 0.2) is 0 Å². The monoisotopic (exact) mass is 330 g/mol. The van der Waals surface area contributed by atoms with Crippen LogP contribution in [0, 0.1) is 5.92 Å². The number of rotatable bonds is 5. The Morgan fingerprint density at radius 1 is 1.12 bits per heavy atom. The smallest absolute Gasteiger partial charge is 0.223 e. The number of hydrogen-bond acceptors (Lipinski definition) is 2. The van der Waals surface area contributed by atoms with Gasteiger partial charge in [0.05, 0.1) is 6.04 Å². The Morgan fingerprint density at radius 3 is 2.17 bits per heavy atom. The van der Waals surface area contributed by atoms with E-state index in [1.807, 2.05) is 11.8 Å². The zero-order valence-corrected chi connectivity index (χ0v) is 15.3. The third kappa shape index (κ3) is 4.59. The zero-order valence-electron chi connectivity index (χ0n) is 15.3. The fourth-order valence-electron chi connectivity index (χ4n) is 3.22. The molecule has 1 aliphatic heterocycles. The lowest BCUT2D eigenvalue weighted by molar-refractivity contribution is -0.134. The molecule has 1 aromatic carbocycles. The summed E-state index contributed by atoms with van der Waals surface area (Å²) in [7, 11) is 0. The lowest BCUT2D eigenvalue weighted by Gasteiger charge is -2.31. The van der Waals surface area contributed by atoms with E-state index in [1.54, 1.807) is 6.92 Å². The molecule has 132 valence electrons. The van der Waals surface area contributed by atoms with Gasteiger partial charge in [-0.05, 0) is 43.2 Å². The molecule has 0 unspecified atom stereocenters. The van der Waals surface area contributed by atoms with Crippen molar-refractivity contribution < 1.29 is 9.59 Å². The molecule has 0 aliphatic carbocycles. The Kier molecular flexibility index (Phi) is 6.41. The number of nitrogens with zero attached hydrogens (tertiary/aromatic N) is 1. The van der Waals surface area contributed by atoms with Crippen molar-refractivity contribution in [3.05, 3.63) is 35.4 Å². The van der Waals surface area contributed by atoms with Crippen molar-refractivity contribution in [2.75, 3.05) is 13.1 Å². The number of nitrogens with one attached hydrogen (secondary N) is 1. The molecule has 1 fully saturated rings. The molecular weight excluding hydrogens is 300 g/mol. The highest BCUT2D eigenvalue weighted by atomic mass is 16.2. The highest BCUT2D eigenvalue weighted by Crippen LogP contribution is 2.23. The molecule has 0 aromatic heterocycles. The quantitative estimate of drug-likeness (QED) is 0.896. The van der Waals surface area contributed by atoms with Crippen molar-refractivity contribution in [3.8, 4) is 0 Å². The normalized spacial score (nSPS) is 18.1. The van der Waals surface area contributed by atoms with E-state index in [0.717, 1.165) is 24.8 Å². The van der Waals surface area contributed by atoms with Crippen LogP contribution in [0.4, 0.5) is 0 Å². The van der Waals surface area contributed by atoms with Crippen LogP contribution >= 0.6 is 0 Å². The summed E-state index contributed by atoms with van der Waals surface area (Å²) >= 11 is 0. The second kappa shape index (κ2) is 8.32. The van der Waals surface area contributed by atoms with Crippen molar-refractivity contribution in [1.82, 2.24) is 10.2 Å². The van der Waals surface area contributed by atoms with E-state index < -0.39 is 0 Å². The van der Waals surface area contributed by atoms with E-state index in [-0.39, 0.29) is 23.8 Å². The maximum atomic E-state index is 12.5. The molecule has 1 aromatic rings. The first-order valence-electron chi connectivity index (χ1n) is 9.08. The first-order valence-corrected chi connectivity index (χ1v) is 9.08. The van der Waals surface area contributed by atoms with Crippen molar-refractivity contribution >= 4 is 11.8 Å². The Hall–Kier alpha value is -1.84. The highest BCUT2D eigenvalue weighted by molar-refractivity contribution is 5.80. The summed E-state index contributed by atoms with van der Waals surface area (Å²) < 4.78 is 0. The molecule has 24 heavy (non-hydrogen) atoms. The summed E-state index contributed by atoms with van der Waals surface area (Å²) in [6.07, 6.45) is 2.64. The zero-order chi connectivity index (χ0) is 17.7. The second-order valence-electron chi connectivity index (χ2n) is 6.99. The number of carbonyl (C=O) groups excluding carboxylic acids is 2. The Balaban J connectivity index is 1.88. The number of benzene rings is 1. The minimum Gasteiger partial charge on any atom is -0.349 e. The van der Waals surface area contributed by atoms with Gasteiger partial charge >= 0.3 is 0 Å². The molecule has 0 spiro atoms. The molecule has 2 atom stereocenters. The number of piperidine rings is 1. The van der Waals surface area contributed by atoms with Crippen LogP contribution in [0.15, 0.2) is 24.3 Å². The SMILES string of the molecule is CC[C@@H](C)c1ccc([C@H](C)NC(=O)C2CCN(C(C)=O)CC2)cc1. The molecule has 0 saturated carbocycles. The number of hydrogen-bond donors (Lipinski definition) is 1. The van der Waals surface area contributed by atoms with Crippen molar-refractivity contribution in [2.24, 2.45) is 5.92 Å². The lowest BCUT2D eigenvalue weighted by atomic mass is 9.94. The van der Waals surface area contributed by atoms with Crippen molar-refractivity contribution in [3.63, 3.8) is 0 Å². The molecule has 1 saturated heterocycles. The van der Waals surface area contributed by atoms with Gasteiger partial charge in [-0.3, -0.25) is 9.59 Å². The molecular formula is C20H30N2O2. The van der Waals surface area contributed by atoms with E-state index >= 15 is 0 Å². The molecule has 0 radical (unpaired) electrons.